The molecule has 1 aliphatic carbocycles. The van der Waals surface area contributed by atoms with Gasteiger partial charge in [-0.2, -0.15) is 0 Å². The lowest BCUT2D eigenvalue weighted by atomic mass is 9.77. The molecule has 1 saturated carbocycles. The molecule has 0 bridgehead atoms. The van der Waals surface area contributed by atoms with Crippen LogP contribution in [0.15, 0.2) is 140 Å². The number of nitrogens with one attached hydrogen (secondary N) is 3. The lowest BCUT2D eigenvalue weighted by Crippen LogP contribution is -2.50. The molecule has 0 aliphatic heterocycles. The summed E-state index contributed by atoms with van der Waals surface area (Å²) < 4.78 is 7.27. The Morgan fingerprint density at radius 3 is 1.89 bits per heavy atom. The number of hydrogen-bond donors (Lipinski definition) is 3. The fourth-order valence-corrected chi connectivity index (χ4v) is 7.62. The Kier molecular flexibility index (Phi) is 12.0. The summed E-state index contributed by atoms with van der Waals surface area (Å²) in [6, 6.07) is 46.7. The molecule has 0 saturated heterocycles. The predicted octanol–water partition coefficient (Wildman–Crippen LogP) is 7.50. The number of amides is 2. The van der Waals surface area contributed by atoms with Crippen molar-refractivity contribution < 1.29 is 14.3 Å². The minimum absolute atomic E-state index is 0.119. The summed E-state index contributed by atoms with van der Waals surface area (Å²) in [7, 11) is 0. The summed E-state index contributed by atoms with van der Waals surface area (Å²) in [5.74, 6) is 0.219. The van der Waals surface area contributed by atoms with E-state index >= 15 is 0 Å². The molecule has 0 radical (unpaired) electrons. The second-order valence-electron chi connectivity index (χ2n) is 13.8. The molecular formula is C45H47N7O3. The Bertz CT molecular complexity index is 2040. The first-order chi connectivity index (χ1) is 27.1. The largest absolute Gasteiger partial charge is 0.465 e. The molecule has 5 aromatic carbocycles. The van der Waals surface area contributed by atoms with Crippen LogP contribution in [0.4, 0.5) is 4.79 Å². The minimum atomic E-state index is -0.883. The SMILES string of the molecule is CCOC(=O)C(CNC(=O)NC1CCCCC1)NCc1ccc(-c2ccccc2-c2nnnn2C(c2ccccc2)(c2ccccc2)c2ccccc2)cc1. The number of aromatic nitrogens is 4. The molecule has 7 rings (SSSR count). The predicted molar refractivity (Wildman–Crippen MR) is 214 cm³/mol. The van der Waals surface area contributed by atoms with Gasteiger partial charge in [0.15, 0.2) is 5.82 Å². The van der Waals surface area contributed by atoms with E-state index in [1.165, 1.54) is 6.42 Å². The molecule has 1 aliphatic rings. The summed E-state index contributed by atoms with van der Waals surface area (Å²) >= 11 is 0. The second kappa shape index (κ2) is 17.8. The molecule has 1 fully saturated rings. The van der Waals surface area contributed by atoms with Crippen molar-refractivity contribution in [3.8, 4) is 22.5 Å². The molecule has 1 atom stereocenters. The van der Waals surface area contributed by atoms with Gasteiger partial charge in [0.25, 0.3) is 0 Å². The fourth-order valence-electron chi connectivity index (χ4n) is 7.62. The first-order valence-electron chi connectivity index (χ1n) is 19.2. The second-order valence-corrected chi connectivity index (χ2v) is 13.8. The Labute approximate surface area is 322 Å². The maximum absolute atomic E-state index is 12.9. The summed E-state index contributed by atoms with van der Waals surface area (Å²) in [6.45, 7) is 2.56. The highest BCUT2D eigenvalue weighted by Crippen LogP contribution is 2.43. The number of benzene rings is 5. The smallest absolute Gasteiger partial charge is 0.324 e. The quantitative estimate of drug-likeness (QED) is 0.0783. The van der Waals surface area contributed by atoms with Gasteiger partial charge in [0.2, 0.25) is 0 Å². The van der Waals surface area contributed by atoms with Gasteiger partial charge >= 0.3 is 12.0 Å². The van der Waals surface area contributed by atoms with Crippen LogP contribution in [0, 0.1) is 0 Å². The summed E-state index contributed by atoms with van der Waals surface area (Å²) in [6.07, 6.45) is 5.43. The van der Waals surface area contributed by atoms with Crippen molar-refractivity contribution in [3.63, 3.8) is 0 Å². The minimum Gasteiger partial charge on any atom is -0.465 e. The third kappa shape index (κ3) is 8.34. The van der Waals surface area contributed by atoms with Crippen LogP contribution in [-0.4, -0.2) is 57.4 Å². The van der Waals surface area contributed by atoms with Gasteiger partial charge in [-0.3, -0.25) is 10.1 Å². The molecule has 1 aromatic heterocycles. The topological polar surface area (TPSA) is 123 Å². The number of esters is 1. The number of tetrazole rings is 1. The van der Waals surface area contributed by atoms with Gasteiger partial charge in [-0.25, -0.2) is 9.48 Å². The molecule has 1 heterocycles. The molecule has 10 heteroatoms. The van der Waals surface area contributed by atoms with E-state index in [4.69, 9.17) is 9.95 Å². The van der Waals surface area contributed by atoms with E-state index in [1.807, 2.05) is 83.5 Å². The molecule has 2 amide bonds. The number of carbonyl (C=O) groups excluding carboxylic acids is 2. The Balaban J connectivity index is 1.16. The van der Waals surface area contributed by atoms with E-state index in [0.29, 0.717) is 12.4 Å². The molecule has 3 N–H and O–H groups in total. The third-order valence-electron chi connectivity index (χ3n) is 10.3. The first kappa shape index (κ1) is 37.2. The highest BCUT2D eigenvalue weighted by Gasteiger charge is 2.42. The van der Waals surface area contributed by atoms with Gasteiger partial charge in [-0.05, 0) is 63.6 Å². The van der Waals surface area contributed by atoms with Crippen molar-refractivity contribution in [1.82, 2.24) is 36.2 Å². The van der Waals surface area contributed by atoms with Gasteiger partial charge in [0.05, 0.1) is 6.61 Å². The zero-order valence-corrected chi connectivity index (χ0v) is 31.1. The number of rotatable bonds is 14. The number of carbonyl (C=O) groups is 2. The molecule has 0 spiro atoms. The van der Waals surface area contributed by atoms with Crippen molar-refractivity contribution in [1.29, 1.82) is 0 Å². The summed E-state index contributed by atoms with van der Waals surface area (Å²) in [4.78, 5) is 25.5. The van der Waals surface area contributed by atoms with E-state index in [1.54, 1.807) is 6.92 Å². The van der Waals surface area contributed by atoms with Gasteiger partial charge in [-0.15, -0.1) is 5.10 Å². The van der Waals surface area contributed by atoms with Crippen LogP contribution in [0.1, 0.15) is 61.3 Å². The molecule has 6 aromatic rings. The van der Waals surface area contributed by atoms with Crippen molar-refractivity contribution in [3.05, 3.63) is 162 Å². The Hall–Kier alpha value is -6.13. The molecule has 55 heavy (non-hydrogen) atoms. The van der Waals surface area contributed by atoms with Crippen LogP contribution in [0.3, 0.4) is 0 Å². The van der Waals surface area contributed by atoms with E-state index in [2.05, 4.69) is 86.9 Å². The highest BCUT2D eigenvalue weighted by molar-refractivity contribution is 5.81. The number of ether oxygens (including phenoxy) is 1. The van der Waals surface area contributed by atoms with E-state index < -0.39 is 17.6 Å². The van der Waals surface area contributed by atoms with Gasteiger partial charge in [0.1, 0.15) is 11.6 Å². The van der Waals surface area contributed by atoms with E-state index in [-0.39, 0.29) is 25.2 Å². The standard InChI is InChI=1S/C45H47N7O3/c1-2-55-43(53)41(32-47-44(54)48-38-23-13-6-14-24-38)46-31-33-27-29-34(30-28-33)39-25-15-16-26-40(39)42-49-50-51-52(42)45(35-17-7-3-8-18-35,36-19-9-4-10-20-36)37-21-11-5-12-22-37/h3-5,7-12,15-22,25-30,38,41,46H,2,6,13-14,23-24,31-32H2,1H3,(H2,47,48,54). The van der Waals surface area contributed by atoms with Crippen molar-refractivity contribution >= 4 is 12.0 Å². The van der Waals surface area contributed by atoms with Crippen LogP contribution in [0.25, 0.3) is 22.5 Å². The maximum atomic E-state index is 12.9. The van der Waals surface area contributed by atoms with Crippen LogP contribution in [0.2, 0.25) is 0 Å². The Morgan fingerprint density at radius 2 is 1.31 bits per heavy atom. The van der Waals surface area contributed by atoms with Gasteiger partial charge in [-0.1, -0.05) is 159 Å². The van der Waals surface area contributed by atoms with Crippen LogP contribution >= 0.6 is 0 Å². The fraction of sp³-hybridized carbons (Fsp3) is 0.267. The van der Waals surface area contributed by atoms with Gasteiger partial charge in [0, 0.05) is 24.7 Å². The average Bonchev–Trinajstić information content (AvgIpc) is 3.73. The molecule has 1 unspecified atom stereocenters. The normalized spacial score (nSPS) is 13.8. The monoisotopic (exact) mass is 733 g/mol. The Morgan fingerprint density at radius 1 is 0.745 bits per heavy atom. The summed E-state index contributed by atoms with van der Waals surface area (Å²) in [5, 5.41) is 22.9. The van der Waals surface area contributed by atoms with E-state index in [0.717, 1.165) is 64.6 Å². The van der Waals surface area contributed by atoms with Crippen molar-refractivity contribution in [2.45, 2.75) is 63.2 Å². The summed E-state index contributed by atoms with van der Waals surface area (Å²) in [5.41, 5.74) is 6.00. The lowest BCUT2D eigenvalue weighted by molar-refractivity contribution is -0.145. The van der Waals surface area contributed by atoms with Crippen LogP contribution in [-0.2, 0) is 21.6 Å². The van der Waals surface area contributed by atoms with Crippen LogP contribution in [0.5, 0.6) is 0 Å². The maximum Gasteiger partial charge on any atom is 0.324 e. The highest BCUT2D eigenvalue weighted by atomic mass is 16.5. The van der Waals surface area contributed by atoms with E-state index in [9.17, 15) is 9.59 Å². The number of hydrogen-bond acceptors (Lipinski definition) is 7. The molecule has 10 nitrogen and oxygen atoms in total. The zero-order chi connectivity index (χ0) is 37.9. The molecular weight excluding hydrogens is 687 g/mol. The van der Waals surface area contributed by atoms with Gasteiger partial charge < -0.3 is 15.4 Å². The number of urea groups is 1. The lowest BCUT2D eigenvalue weighted by Gasteiger charge is -2.36. The van der Waals surface area contributed by atoms with Crippen LogP contribution < -0.4 is 16.0 Å². The number of nitrogens with zero attached hydrogens (tertiary/aromatic N) is 4. The first-order valence-corrected chi connectivity index (χ1v) is 19.2. The van der Waals surface area contributed by atoms with Crippen molar-refractivity contribution in [2.75, 3.05) is 13.2 Å². The average molecular weight is 734 g/mol. The third-order valence-corrected chi connectivity index (χ3v) is 10.3. The van der Waals surface area contributed by atoms with Crippen molar-refractivity contribution in [2.24, 2.45) is 0 Å². The zero-order valence-electron chi connectivity index (χ0n) is 31.1. The molecule has 280 valence electrons.